The maximum absolute atomic E-state index is 3.43. The number of thioether (sulfide) groups is 2. The highest BCUT2D eigenvalue weighted by atomic mass is 32.2. The van der Waals surface area contributed by atoms with E-state index in [1.807, 2.05) is 11.8 Å². The smallest absolute Gasteiger partial charge is 0.0447 e. The quantitative estimate of drug-likeness (QED) is 0.845. The van der Waals surface area contributed by atoms with Crippen LogP contribution in [0.2, 0.25) is 0 Å². The second kappa shape index (κ2) is 7.44. The van der Waals surface area contributed by atoms with Crippen LogP contribution >= 0.6 is 23.5 Å². The van der Waals surface area contributed by atoms with Gasteiger partial charge in [0.1, 0.15) is 0 Å². The topological polar surface area (TPSA) is 15.3 Å². The number of para-hydroxylation sites is 1. The van der Waals surface area contributed by atoms with E-state index in [2.05, 4.69) is 65.2 Å². The molecule has 2 aromatic carbocycles. The first-order valence-electron chi connectivity index (χ1n) is 7.60. The van der Waals surface area contributed by atoms with Crippen LogP contribution in [-0.2, 0) is 0 Å². The normalized spacial score (nSPS) is 15.1. The molecule has 1 aliphatic rings. The third-order valence-corrected chi connectivity index (χ3v) is 5.56. The molecular weight excluding hydrogens is 308 g/mol. The molecule has 116 valence electrons. The van der Waals surface area contributed by atoms with Gasteiger partial charge in [0.2, 0.25) is 0 Å². The van der Waals surface area contributed by atoms with Crippen LogP contribution in [0, 0.1) is 0 Å². The van der Waals surface area contributed by atoms with Crippen molar-refractivity contribution in [1.29, 1.82) is 0 Å². The lowest BCUT2D eigenvalue weighted by Crippen LogP contribution is -2.43. The first-order valence-corrected chi connectivity index (χ1v) is 10.1. The number of hydrogen-bond donors (Lipinski definition) is 1. The minimum atomic E-state index is 1.06. The summed E-state index contributed by atoms with van der Waals surface area (Å²) in [5.41, 5.74) is 4.05. The molecule has 1 aliphatic heterocycles. The van der Waals surface area contributed by atoms with Crippen LogP contribution in [-0.4, -0.2) is 38.7 Å². The Bertz CT molecular complexity index is 637. The highest BCUT2D eigenvalue weighted by Gasteiger charge is 2.16. The first-order chi connectivity index (χ1) is 10.8. The molecule has 1 saturated heterocycles. The van der Waals surface area contributed by atoms with Gasteiger partial charge in [-0.3, -0.25) is 0 Å². The Morgan fingerprint density at radius 2 is 1.68 bits per heavy atom. The molecule has 2 nitrogen and oxygen atoms in total. The molecule has 0 aliphatic carbocycles. The van der Waals surface area contributed by atoms with Crippen LogP contribution in [0.25, 0.3) is 11.1 Å². The largest absolute Gasteiger partial charge is 0.368 e. The average Bonchev–Trinajstić information content (AvgIpc) is 2.62. The Morgan fingerprint density at radius 3 is 2.41 bits per heavy atom. The molecule has 4 heteroatoms. The van der Waals surface area contributed by atoms with E-state index in [0.29, 0.717) is 0 Å². The van der Waals surface area contributed by atoms with Crippen molar-refractivity contribution in [3.8, 4) is 11.1 Å². The van der Waals surface area contributed by atoms with Crippen molar-refractivity contribution in [2.75, 3.05) is 43.6 Å². The Labute approximate surface area is 141 Å². The van der Waals surface area contributed by atoms with Crippen molar-refractivity contribution < 1.29 is 0 Å². The molecule has 22 heavy (non-hydrogen) atoms. The zero-order valence-electron chi connectivity index (χ0n) is 13.1. The highest BCUT2D eigenvalue weighted by molar-refractivity contribution is 7.99. The van der Waals surface area contributed by atoms with E-state index < -0.39 is 0 Å². The van der Waals surface area contributed by atoms with Gasteiger partial charge in [0.15, 0.2) is 0 Å². The number of piperazine rings is 1. The van der Waals surface area contributed by atoms with Crippen LogP contribution in [0.3, 0.4) is 0 Å². The summed E-state index contributed by atoms with van der Waals surface area (Å²) in [6, 6.07) is 15.6. The fraction of sp³-hybridized carbons (Fsp3) is 0.333. The SMILES string of the molecule is CSc1ccc(-c2ccccc2N2CCNCC2)c(SC)c1. The third kappa shape index (κ3) is 3.29. The lowest BCUT2D eigenvalue weighted by Gasteiger charge is -2.31. The zero-order valence-corrected chi connectivity index (χ0v) is 14.8. The van der Waals surface area contributed by atoms with E-state index >= 15 is 0 Å². The highest BCUT2D eigenvalue weighted by Crippen LogP contribution is 2.38. The summed E-state index contributed by atoms with van der Waals surface area (Å²) in [5.74, 6) is 0. The van der Waals surface area contributed by atoms with Gasteiger partial charge in [-0.15, -0.1) is 23.5 Å². The Morgan fingerprint density at radius 1 is 0.909 bits per heavy atom. The monoisotopic (exact) mass is 330 g/mol. The molecule has 3 rings (SSSR count). The van der Waals surface area contributed by atoms with Crippen LogP contribution in [0.1, 0.15) is 0 Å². The second-order valence-corrected chi connectivity index (χ2v) is 7.05. The van der Waals surface area contributed by atoms with Gasteiger partial charge < -0.3 is 10.2 Å². The molecule has 2 aromatic rings. The molecular formula is C18H22N2S2. The summed E-state index contributed by atoms with van der Waals surface area (Å²) in [6.07, 6.45) is 4.30. The third-order valence-electron chi connectivity index (χ3n) is 4.06. The molecule has 0 amide bonds. The minimum Gasteiger partial charge on any atom is -0.368 e. The summed E-state index contributed by atoms with van der Waals surface area (Å²) < 4.78 is 0. The van der Waals surface area contributed by atoms with Crippen LogP contribution < -0.4 is 10.2 Å². The van der Waals surface area contributed by atoms with Gasteiger partial charge in [0.25, 0.3) is 0 Å². The van der Waals surface area contributed by atoms with E-state index in [1.54, 1.807) is 11.8 Å². The predicted octanol–water partition coefficient (Wildman–Crippen LogP) is 4.21. The van der Waals surface area contributed by atoms with Crippen LogP contribution in [0.15, 0.2) is 52.3 Å². The average molecular weight is 331 g/mol. The fourth-order valence-corrected chi connectivity index (χ4v) is 4.06. The molecule has 0 radical (unpaired) electrons. The lowest BCUT2D eigenvalue weighted by atomic mass is 10.0. The number of anilines is 1. The van der Waals surface area contributed by atoms with E-state index in [-0.39, 0.29) is 0 Å². The number of hydrogen-bond acceptors (Lipinski definition) is 4. The Balaban J connectivity index is 2.04. The molecule has 0 saturated carbocycles. The van der Waals surface area contributed by atoms with Crippen LogP contribution in [0.4, 0.5) is 5.69 Å². The van der Waals surface area contributed by atoms with Crippen LogP contribution in [0.5, 0.6) is 0 Å². The standard InChI is InChI=1S/C18H22N2S2/c1-21-14-7-8-16(18(13-14)22-2)15-5-3-4-6-17(15)20-11-9-19-10-12-20/h3-8,13,19H,9-12H2,1-2H3. The van der Waals surface area contributed by atoms with Crippen molar-refractivity contribution in [3.63, 3.8) is 0 Å². The fourth-order valence-electron chi connectivity index (χ4n) is 2.90. The number of nitrogens with zero attached hydrogens (tertiary/aromatic N) is 1. The van der Waals surface area contributed by atoms with E-state index in [4.69, 9.17) is 0 Å². The molecule has 0 atom stereocenters. The number of rotatable bonds is 4. The molecule has 1 heterocycles. The number of benzene rings is 2. The first kappa shape index (κ1) is 15.8. The minimum absolute atomic E-state index is 1.06. The lowest BCUT2D eigenvalue weighted by molar-refractivity contribution is 0.589. The van der Waals surface area contributed by atoms with Gasteiger partial charge in [-0.1, -0.05) is 24.3 Å². The summed E-state index contributed by atoms with van der Waals surface area (Å²) in [6.45, 7) is 4.29. The van der Waals surface area contributed by atoms with Gasteiger partial charge in [-0.25, -0.2) is 0 Å². The summed E-state index contributed by atoms with van der Waals surface area (Å²) in [4.78, 5) is 5.18. The van der Waals surface area contributed by atoms with Gasteiger partial charge in [-0.2, -0.15) is 0 Å². The van der Waals surface area contributed by atoms with E-state index in [9.17, 15) is 0 Å². The van der Waals surface area contributed by atoms with E-state index in [0.717, 1.165) is 26.2 Å². The summed E-state index contributed by atoms with van der Waals surface area (Å²) >= 11 is 3.63. The van der Waals surface area contributed by atoms with Gasteiger partial charge in [0, 0.05) is 47.2 Å². The van der Waals surface area contributed by atoms with Crippen molar-refractivity contribution >= 4 is 29.2 Å². The summed E-state index contributed by atoms with van der Waals surface area (Å²) in [5, 5.41) is 3.43. The second-order valence-electron chi connectivity index (χ2n) is 5.32. The van der Waals surface area contributed by atoms with Crippen molar-refractivity contribution in [1.82, 2.24) is 5.32 Å². The predicted molar refractivity (Wildman–Crippen MR) is 101 cm³/mol. The summed E-state index contributed by atoms with van der Waals surface area (Å²) in [7, 11) is 0. The zero-order chi connectivity index (χ0) is 15.4. The molecule has 1 fully saturated rings. The Kier molecular flexibility index (Phi) is 5.34. The maximum Gasteiger partial charge on any atom is 0.0447 e. The molecule has 0 unspecified atom stereocenters. The molecule has 0 aromatic heterocycles. The van der Waals surface area contributed by atoms with E-state index in [1.165, 1.54) is 26.6 Å². The Hall–Kier alpha value is -1.10. The van der Waals surface area contributed by atoms with Crippen molar-refractivity contribution in [2.24, 2.45) is 0 Å². The molecule has 0 spiro atoms. The maximum atomic E-state index is 3.43. The van der Waals surface area contributed by atoms with Gasteiger partial charge in [-0.05, 0) is 36.3 Å². The van der Waals surface area contributed by atoms with Crippen molar-refractivity contribution in [2.45, 2.75) is 9.79 Å². The molecule has 0 bridgehead atoms. The molecule has 1 N–H and O–H groups in total. The number of nitrogens with one attached hydrogen (secondary N) is 1. The van der Waals surface area contributed by atoms with Gasteiger partial charge >= 0.3 is 0 Å². The van der Waals surface area contributed by atoms with Gasteiger partial charge in [0.05, 0.1) is 0 Å². The van der Waals surface area contributed by atoms with Crippen molar-refractivity contribution in [3.05, 3.63) is 42.5 Å².